The van der Waals surface area contributed by atoms with Gasteiger partial charge in [-0.25, -0.2) is 18.7 Å². The normalized spacial score (nSPS) is 24.6. The van der Waals surface area contributed by atoms with Crippen molar-refractivity contribution in [3.05, 3.63) is 43.0 Å². The standard InChI is InChI=1S/C19H22ClF2N5OS/c1-10-14(8-23-27-11-4-6-19(21,22)7-5-11)17(28)26-16(24-10)13-3-2-12(13)15-9-29-18(20)25-15/h8-9,11-13,27H,2-7H2,1H3,(H,24,26,28)/b23-8-. The molecule has 0 aliphatic heterocycles. The molecule has 0 saturated heterocycles. The first-order valence-electron chi connectivity index (χ1n) is 9.70. The van der Waals surface area contributed by atoms with Gasteiger partial charge < -0.3 is 10.4 Å². The number of hydrogen-bond acceptors (Lipinski definition) is 6. The number of H-pyrrole nitrogens is 1. The molecule has 2 fully saturated rings. The fourth-order valence-electron chi connectivity index (χ4n) is 3.94. The summed E-state index contributed by atoms with van der Waals surface area (Å²) >= 11 is 7.35. The average molecular weight is 442 g/mol. The van der Waals surface area contributed by atoms with Crippen molar-refractivity contribution in [2.75, 3.05) is 0 Å². The molecule has 0 amide bonds. The minimum atomic E-state index is -2.57. The molecule has 2 heterocycles. The highest BCUT2D eigenvalue weighted by Gasteiger charge is 2.37. The van der Waals surface area contributed by atoms with Gasteiger partial charge in [0.1, 0.15) is 5.82 Å². The molecular formula is C19H22ClF2N5OS. The van der Waals surface area contributed by atoms with Crippen LogP contribution in [0.5, 0.6) is 0 Å². The molecule has 10 heteroatoms. The lowest BCUT2D eigenvalue weighted by Gasteiger charge is -2.34. The van der Waals surface area contributed by atoms with Gasteiger partial charge in [-0.1, -0.05) is 11.6 Å². The number of alkyl halides is 2. The number of nitrogens with one attached hydrogen (secondary N) is 2. The Balaban J connectivity index is 1.43. The van der Waals surface area contributed by atoms with Gasteiger partial charge in [0, 0.05) is 36.1 Å². The van der Waals surface area contributed by atoms with Crippen molar-refractivity contribution in [2.24, 2.45) is 5.10 Å². The number of rotatable bonds is 5. The Kier molecular flexibility index (Phi) is 5.70. The summed E-state index contributed by atoms with van der Waals surface area (Å²) in [6, 6.07) is -0.0989. The van der Waals surface area contributed by atoms with Crippen LogP contribution in [0.1, 0.15) is 73.1 Å². The second kappa shape index (κ2) is 8.10. The van der Waals surface area contributed by atoms with E-state index in [1.165, 1.54) is 17.6 Å². The third kappa shape index (κ3) is 4.50. The monoisotopic (exact) mass is 441 g/mol. The zero-order chi connectivity index (χ0) is 20.6. The van der Waals surface area contributed by atoms with Crippen LogP contribution in [-0.4, -0.2) is 33.1 Å². The maximum Gasteiger partial charge on any atom is 0.260 e. The molecule has 156 valence electrons. The Labute approximate surface area is 175 Å². The molecule has 2 N–H and O–H groups in total. The lowest BCUT2D eigenvalue weighted by atomic mass is 9.71. The number of hydrogen-bond donors (Lipinski definition) is 2. The van der Waals surface area contributed by atoms with Crippen molar-refractivity contribution in [3.8, 4) is 0 Å². The largest absolute Gasteiger partial charge is 0.310 e. The van der Waals surface area contributed by atoms with Crippen molar-refractivity contribution < 1.29 is 8.78 Å². The summed E-state index contributed by atoms with van der Waals surface area (Å²) in [5.74, 6) is -1.58. The van der Waals surface area contributed by atoms with Gasteiger partial charge in [0.25, 0.3) is 5.56 Å². The fourth-order valence-corrected chi connectivity index (χ4v) is 4.77. The van der Waals surface area contributed by atoms with Crippen molar-refractivity contribution >= 4 is 29.2 Å². The van der Waals surface area contributed by atoms with E-state index >= 15 is 0 Å². The number of aryl methyl sites for hydroxylation is 1. The Morgan fingerprint density at radius 2 is 2.00 bits per heavy atom. The van der Waals surface area contributed by atoms with Crippen LogP contribution in [-0.2, 0) is 0 Å². The van der Waals surface area contributed by atoms with Crippen LogP contribution in [0.4, 0.5) is 8.78 Å². The maximum atomic E-state index is 13.2. The quantitative estimate of drug-likeness (QED) is 0.533. The van der Waals surface area contributed by atoms with Gasteiger partial charge in [-0.05, 0) is 32.6 Å². The second-order valence-electron chi connectivity index (χ2n) is 7.78. The number of hydrazone groups is 1. The number of thiazole rings is 1. The molecule has 2 aliphatic rings. The minimum Gasteiger partial charge on any atom is -0.310 e. The molecular weight excluding hydrogens is 420 g/mol. The van der Waals surface area contributed by atoms with E-state index in [2.05, 4.69) is 25.5 Å². The third-order valence-corrected chi connectivity index (χ3v) is 6.83. The number of halogens is 3. The van der Waals surface area contributed by atoms with Crippen molar-refractivity contribution in [2.45, 2.75) is 69.2 Å². The van der Waals surface area contributed by atoms with Gasteiger partial charge in [0.05, 0.1) is 23.2 Å². The Morgan fingerprint density at radius 3 is 2.59 bits per heavy atom. The summed E-state index contributed by atoms with van der Waals surface area (Å²) in [5, 5.41) is 6.06. The highest BCUT2D eigenvalue weighted by atomic mass is 35.5. The molecule has 2 atom stereocenters. The van der Waals surface area contributed by atoms with E-state index in [0.717, 1.165) is 18.5 Å². The number of aromatic nitrogens is 3. The minimum absolute atomic E-state index is 0.0989. The zero-order valence-corrected chi connectivity index (χ0v) is 17.5. The lowest BCUT2D eigenvalue weighted by Crippen LogP contribution is -2.34. The molecule has 6 nitrogen and oxygen atoms in total. The summed E-state index contributed by atoms with van der Waals surface area (Å²) in [5.41, 5.74) is 4.54. The van der Waals surface area contributed by atoms with E-state index in [1.54, 1.807) is 6.92 Å². The molecule has 0 radical (unpaired) electrons. The smallest absolute Gasteiger partial charge is 0.260 e. The van der Waals surface area contributed by atoms with E-state index in [9.17, 15) is 13.6 Å². The van der Waals surface area contributed by atoms with Gasteiger partial charge in [-0.2, -0.15) is 5.10 Å². The molecule has 0 aromatic carbocycles. The van der Waals surface area contributed by atoms with Crippen LogP contribution < -0.4 is 11.0 Å². The summed E-state index contributed by atoms with van der Waals surface area (Å²) in [6.07, 6.45) is 3.80. The lowest BCUT2D eigenvalue weighted by molar-refractivity contribution is -0.0402. The number of nitrogens with zero attached hydrogens (tertiary/aromatic N) is 3. The molecule has 2 unspecified atom stereocenters. The SMILES string of the molecule is Cc1nc(C2CCC2c2csc(Cl)n2)[nH]c(=O)c1/C=N\NC1CCC(F)(F)CC1. The van der Waals surface area contributed by atoms with Crippen LogP contribution in [0, 0.1) is 6.92 Å². The molecule has 2 saturated carbocycles. The van der Waals surface area contributed by atoms with Gasteiger partial charge in [-0.15, -0.1) is 11.3 Å². The summed E-state index contributed by atoms with van der Waals surface area (Å²) in [4.78, 5) is 24.4. The third-order valence-electron chi connectivity index (χ3n) is 5.83. The van der Waals surface area contributed by atoms with Crippen LogP contribution in [0.3, 0.4) is 0 Å². The molecule has 2 aromatic heterocycles. The maximum absolute atomic E-state index is 13.2. The van der Waals surface area contributed by atoms with Crippen LogP contribution in [0.15, 0.2) is 15.3 Å². The van der Waals surface area contributed by atoms with Crippen LogP contribution in [0.25, 0.3) is 0 Å². The first-order chi connectivity index (χ1) is 13.8. The predicted molar refractivity (Wildman–Crippen MR) is 109 cm³/mol. The van der Waals surface area contributed by atoms with Gasteiger partial charge in [-0.3, -0.25) is 4.79 Å². The van der Waals surface area contributed by atoms with Crippen molar-refractivity contribution in [1.29, 1.82) is 0 Å². The summed E-state index contributed by atoms with van der Waals surface area (Å²) < 4.78 is 26.9. The molecule has 0 bridgehead atoms. The van der Waals surface area contributed by atoms with E-state index < -0.39 is 5.92 Å². The van der Waals surface area contributed by atoms with Crippen LogP contribution >= 0.6 is 22.9 Å². The predicted octanol–water partition coefficient (Wildman–Crippen LogP) is 4.35. The Bertz CT molecular complexity index is 966. The second-order valence-corrected chi connectivity index (χ2v) is 9.22. The van der Waals surface area contributed by atoms with Crippen LogP contribution in [0.2, 0.25) is 4.47 Å². The molecule has 0 spiro atoms. The Morgan fingerprint density at radius 1 is 1.28 bits per heavy atom. The van der Waals surface area contributed by atoms with Gasteiger partial charge in [0.2, 0.25) is 5.92 Å². The van der Waals surface area contributed by atoms with Gasteiger partial charge >= 0.3 is 0 Å². The molecule has 2 aromatic rings. The van der Waals surface area contributed by atoms with E-state index in [0.29, 0.717) is 34.4 Å². The van der Waals surface area contributed by atoms with E-state index in [4.69, 9.17) is 11.6 Å². The van der Waals surface area contributed by atoms with E-state index in [1.807, 2.05) is 5.38 Å². The highest BCUT2D eigenvalue weighted by Crippen LogP contribution is 2.48. The topological polar surface area (TPSA) is 83.0 Å². The number of aromatic amines is 1. The summed E-state index contributed by atoms with van der Waals surface area (Å²) in [7, 11) is 0. The molecule has 4 rings (SSSR count). The fraction of sp³-hybridized carbons (Fsp3) is 0.579. The molecule has 29 heavy (non-hydrogen) atoms. The first kappa shape index (κ1) is 20.4. The Hall–Kier alpha value is -1.87. The highest BCUT2D eigenvalue weighted by molar-refractivity contribution is 7.13. The van der Waals surface area contributed by atoms with E-state index in [-0.39, 0.29) is 36.3 Å². The first-order valence-corrected chi connectivity index (χ1v) is 11.0. The average Bonchev–Trinajstić information content (AvgIpc) is 3.03. The van der Waals surface area contributed by atoms with Gasteiger partial charge in [0.15, 0.2) is 4.47 Å². The summed E-state index contributed by atoms with van der Waals surface area (Å²) in [6.45, 7) is 1.77. The van der Waals surface area contributed by atoms with Crippen molar-refractivity contribution in [3.63, 3.8) is 0 Å². The molecule has 2 aliphatic carbocycles. The van der Waals surface area contributed by atoms with Crippen molar-refractivity contribution in [1.82, 2.24) is 20.4 Å². The zero-order valence-electron chi connectivity index (χ0n) is 15.9.